The summed E-state index contributed by atoms with van der Waals surface area (Å²) in [7, 11) is -7.67. The molecular formula is C20H28N2O10S2. The van der Waals surface area contributed by atoms with E-state index in [-0.39, 0.29) is 6.04 Å². The Hall–Kier alpha value is -2.17. The lowest BCUT2D eigenvalue weighted by Crippen LogP contribution is -2.54. The van der Waals surface area contributed by atoms with Crippen LogP contribution in [0.15, 0.2) is 43.1 Å². The summed E-state index contributed by atoms with van der Waals surface area (Å²) in [4.78, 5) is 6.86. The van der Waals surface area contributed by atoms with Crippen molar-refractivity contribution in [1.82, 2.24) is 9.88 Å². The fourth-order valence-electron chi connectivity index (χ4n) is 4.44. The Morgan fingerprint density at radius 1 is 1.15 bits per heavy atom. The summed E-state index contributed by atoms with van der Waals surface area (Å²) in [6.45, 7) is 6.07. The number of rotatable bonds is 4. The van der Waals surface area contributed by atoms with Crippen LogP contribution >= 0.6 is 0 Å². The molecular weight excluding hydrogens is 492 g/mol. The van der Waals surface area contributed by atoms with E-state index >= 15 is 0 Å². The topological polar surface area (TPSA) is 195 Å². The summed E-state index contributed by atoms with van der Waals surface area (Å²) in [5, 5.41) is 12.1. The number of aliphatic hydroxyl groups is 1. The predicted molar refractivity (Wildman–Crippen MR) is 123 cm³/mol. The number of nitrogens with zero attached hydrogens (tertiary/aromatic N) is 2. The van der Waals surface area contributed by atoms with E-state index in [2.05, 4.69) is 22.5 Å². The van der Waals surface area contributed by atoms with Gasteiger partial charge in [-0.05, 0) is 61.1 Å². The SMILES string of the molecule is C=C[C@@H]1CN2CCC1C[C@H]2[C@@H](O)c1ccnc2ccc(OC)cc12.O=S(=O)(O)O.O=S(=O)(O)O. The van der Waals surface area contributed by atoms with Crippen LogP contribution in [-0.4, -0.2) is 76.3 Å². The fourth-order valence-corrected chi connectivity index (χ4v) is 4.44. The first-order valence-electron chi connectivity index (χ1n) is 10.1. The van der Waals surface area contributed by atoms with Crippen LogP contribution in [0.5, 0.6) is 5.75 Å². The van der Waals surface area contributed by atoms with Gasteiger partial charge in [-0.25, -0.2) is 0 Å². The first-order valence-corrected chi connectivity index (χ1v) is 12.9. The molecule has 2 bridgehead atoms. The molecule has 12 nitrogen and oxygen atoms in total. The Morgan fingerprint density at radius 2 is 1.76 bits per heavy atom. The Labute approximate surface area is 198 Å². The van der Waals surface area contributed by atoms with Crippen LogP contribution in [0.4, 0.5) is 0 Å². The number of benzene rings is 1. The summed E-state index contributed by atoms with van der Waals surface area (Å²) in [6, 6.07) is 7.96. The molecule has 3 aliphatic heterocycles. The van der Waals surface area contributed by atoms with Crippen LogP contribution in [0, 0.1) is 11.8 Å². The first-order chi connectivity index (χ1) is 15.7. The monoisotopic (exact) mass is 520 g/mol. The van der Waals surface area contributed by atoms with Crippen LogP contribution in [0.25, 0.3) is 10.9 Å². The first kappa shape index (κ1) is 28.1. The van der Waals surface area contributed by atoms with Gasteiger partial charge in [-0.3, -0.25) is 28.1 Å². The van der Waals surface area contributed by atoms with Crippen molar-refractivity contribution in [3.63, 3.8) is 0 Å². The molecule has 190 valence electrons. The highest BCUT2D eigenvalue weighted by Gasteiger charge is 2.42. The van der Waals surface area contributed by atoms with Gasteiger partial charge in [-0.2, -0.15) is 16.8 Å². The molecule has 5 rings (SSSR count). The molecule has 2 unspecified atom stereocenters. The average Bonchev–Trinajstić information content (AvgIpc) is 2.75. The number of aromatic nitrogens is 1. The maximum Gasteiger partial charge on any atom is 0.394 e. The number of aliphatic hydroxyl groups excluding tert-OH is 1. The largest absolute Gasteiger partial charge is 0.497 e. The molecule has 14 heteroatoms. The van der Waals surface area contributed by atoms with Gasteiger partial charge in [0.15, 0.2) is 0 Å². The Kier molecular flexibility index (Phi) is 9.50. The highest BCUT2D eigenvalue weighted by molar-refractivity contribution is 7.80. The highest BCUT2D eigenvalue weighted by Crippen LogP contribution is 2.42. The van der Waals surface area contributed by atoms with Gasteiger partial charge in [0.25, 0.3) is 0 Å². The van der Waals surface area contributed by atoms with Gasteiger partial charge >= 0.3 is 20.8 Å². The molecule has 0 saturated carbocycles. The molecule has 0 aliphatic carbocycles. The molecule has 4 heterocycles. The van der Waals surface area contributed by atoms with Crippen molar-refractivity contribution in [3.05, 3.63) is 48.7 Å². The molecule has 0 radical (unpaired) electrons. The van der Waals surface area contributed by atoms with Gasteiger partial charge in [0, 0.05) is 24.2 Å². The lowest BCUT2D eigenvalue weighted by atomic mass is 9.73. The van der Waals surface area contributed by atoms with Crippen molar-refractivity contribution in [3.8, 4) is 5.75 Å². The van der Waals surface area contributed by atoms with Gasteiger partial charge in [0.05, 0.1) is 18.7 Å². The zero-order chi connectivity index (χ0) is 25.7. The second-order valence-electron chi connectivity index (χ2n) is 7.87. The number of hydrogen-bond acceptors (Lipinski definition) is 8. The molecule has 1 aromatic carbocycles. The van der Waals surface area contributed by atoms with E-state index < -0.39 is 26.9 Å². The van der Waals surface area contributed by atoms with Gasteiger partial charge in [-0.1, -0.05) is 6.08 Å². The van der Waals surface area contributed by atoms with E-state index in [0.717, 1.165) is 41.7 Å². The van der Waals surface area contributed by atoms with Gasteiger partial charge in [0.1, 0.15) is 5.75 Å². The smallest absolute Gasteiger partial charge is 0.394 e. The standard InChI is InChI=1S/C20H24N2O2.2H2O4S/c1-3-13-12-22-9-7-14(13)10-19(22)20(23)16-6-8-21-18-5-4-15(24-2)11-17(16)18;2*1-5(2,3)4/h3-6,8,11,13-14,19-20,23H,1,7,9-10,12H2,2H3;2*(H2,1,2,3,4)/t13-,14?,19+,20+;;/m1../s1. The maximum atomic E-state index is 11.2. The van der Waals surface area contributed by atoms with E-state index in [1.807, 2.05) is 24.3 Å². The third-order valence-corrected chi connectivity index (χ3v) is 5.82. The maximum absolute atomic E-state index is 11.2. The zero-order valence-electron chi connectivity index (χ0n) is 18.3. The molecule has 5 atom stereocenters. The van der Waals surface area contributed by atoms with E-state index in [1.165, 1.54) is 6.42 Å². The average molecular weight is 521 g/mol. The predicted octanol–water partition coefficient (Wildman–Crippen LogP) is 1.87. The third kappa shape index (κ3) is 8.56. The summed E-state index contributed by atoms with van der Waals surface area (Å²) in [5.41, 5.74) is 1.85. The number of ether oxygens (including phenoxy) is 1. The normalized spacial score (nSPS) is 24.8. The van der Waals surface area contributed by atoms with Crippen molar-refractivity contribution in [2.75, 3.05) is 20.2 Å². The van der Waals surface area contributed by atoms with E-state index in [4.69, 9.17) is 39.8 Å². The van der Waals surface area contributed by atoms with Crippen LogP contribution in [0.3, 0.4) is 0 Å². The van der Waals surface area contributed by atoms with Crippen molar-refractivity contribution in [2.45, 2.75) is 25.0 Å². The van der Waals surface area contributed by atoms with Crippen LogP contribution in [-0.2, 0) is 20.8 Å². The molecule has 1 aromatic heterocycles. The van der Waals surface area contributed by atoms with Crippen LogP contribution < -0.4 is 4.74 Å². The lowest BCUT2D eigenvalue weighted by Gasteiger charge is -2.50. The number of pyridine rings is 1. The summed E-state index contributed by atoms with van der Waals surface area (Å²) < 4.78 is 68.5. The Balaban J connectivity index is 0.000000347. The molecule has 3 aliphatic rings. The summed E-state index contributed by atoms with van der Waals surface area (Å²) in [6.07, 6.45) is 5.62. The zero-order valence-corrected chi connectivity index (χ0v) is 19.9. The summed E-state index contributed by atoms with van der Waals surface area (Å²) >= 11 is 0. The third-order valence-electron chi connectivity index (χ3n) is 5.82. The minimum Gasteiger partial charge on any atom is -0.497 e. The number of piperidine rings is 3. The Bertz CT molecular complexity index is 1160. The molecule has 5 N–H and O–H groups in total. The molecule has 0 spiro atoms. The van der Waals surface area contributed by atoms with E-state index in [0.29, 0.717) is 11.8 Å². The summed E-state index contributed by atoms with van der Waals surface area (Å²) in [5.74, 6) is 2.01. The second kappa shape index (κ2) is 11.5. The van der Waals surface area contributed by atoms with E-state index in [1.54, 1.807) is 13.3 Å². The fraction of sp³-hybridized carbons (Fsp3) is 0.450. The molecule has 3 fully saturated rings. The minimum absolute atomic E-state index is 0.178. The highest BCUT2D eigenvalue weighted by atomic mass is 32.3. The number of hydrogen-bond donors (Lipinski definition) is 5. The lowest BCUT2D eigenvalue weighted by molar-refractivity contribution is -0.0444. The van der Waals surface area contributed by atoms with Gasteiger partial charge in [-0.15, -0.1) is 6.58 Å². The second-order valence-corrected chi connectivity index (χ2v) is 9.66. The van der Waals surface area contributed by atoms with Crippen LogP contribution in [0.2, 0.25) is 0 Å². The van der Waals surface area contributed by atoms with Crippen molar-refractivity contribution in [1.29, 1.82) is 0 Å². The van der Waals surface area contributed by atoms with Gasteiger partial charge < -0.3 is 9.84 Å². The van der Waals surface area contributed by atoms with Gasteiger partial charge in [0.2, 0.25) is 0 Å². The minimum atomic E-state index is -4.67. The number of fused-ring (bicyclic) bond motifs is 4. The van der Waals surface area contributed by atoms with E-state index in [9.17, 15) is 5.11 Å². The van der Waals surface area contributed by atoms with Crippen molar-refractivity contribution < 1.29 is 44.9 Å². The molecule has 0 amide bonds. The van der Waals surface area contributed by atoms with Crippen LogP contribution in [0.1, 0.15) is 24.5 Å². The Morgan fingerprint density at radius 3 is 2.26 bits per heavy atom. The number of methoxy groups -OCH3 is 1. The molecule has 2 aromatic rings. The molecule has 3 saturated heterocycles. The molecule has 34 heavy (non-hydrogen) atoms. The quantitative estimate of drug-likeness (QED) is 0.290. The van der Waals surface area contributed by atoms with Crippen molar-refractivity contribution >= 4 is 31.7 Å². The van der Waals surface area contributed by atoms with Crippen molar-refractivity contribution in [2.24, 2.45) is 11.8 Å².